The Hall–Kier alpha value is -1.30. The van der Waals surface area contributed by atoms with E-state index >= 15 is 0 Å². The monoisotopic (exact) mass is 320 g/mol. The second kappa shape index (κ2) is 6.07. The maximum atomic E-state index is 13.0. The average Bonchev–Trinajstić information content (AvgIpc) is 2.95. The van der Waals surface area contributed by atoms with E-state index in [4.69, 9.17) is 0 Å². The molecule has 0 saturated carbocycles. The first-order chi connectivity index (χ1) is 10.6. The lowest BCUT2D eigenvalue weighted by Gasteiger charge is -2.41. The highest BCUT2D eigenvalue weighted by molar-refractivity contribution is 7.98. The topological polar surface area (TPSA) is 49.3 Å². The van der Waals surface area contributed by atoms with Crippen LogP contribution in [-0.2, 0) is 4.79 Å². The summed E-state index contributed by atoms with van der Waals surface area (Å²) in [4.78, 5) is 26.1. The van der Waals surface area contributed by atoms with E-state index in [1.807, 2.05) is 18.5 Å². The number of aromatic nitrogens is 2. The zero-order chi connectivity index (χ0) is 15.7. The van der Waals surface area contributed by atoms with Gasteiger partial charge in [-0.05, 0) is 45.4 Å². The summed E-state index contributed by atoms with van der Waals surface area (Å²) in [7, 11) is 0. The lowest BCUT2D eigenvalue weighted by atomic mass is 9.78. The largest absolute Gasteiger partial charge is 0.355 e. The summed E-state index contributed by atoms with van der Waals surface area (Å²) in [5.41, 5.74) is -0.201. The number of amides is 1. The van der Waals surface area contributed by atoms with E-state index < -0.39 is 0 Å². The number of nitrogens with zero attached hydrogens (tertiary/aromatic N) is 4. The smallest absolute Gasteiger partial charge is 0.230 e. The van der Waals surface area contributed by atoms with Crippen molar-refractivity contribution in [3.05, 3.63) is 12.3 Å². The van der Waals surface area contributed by atoms with Gasteiger partial charge in [0, 0.05) is 31.9 Å². The quantitative estimate of drug-likeness (QED) is 0.632. The maximum Gasteiger partial charge on any atom is 0.230 e. The average molecular weight is 320 g/mol. The molecule has 0 bridgehead atoms. The van der Waals surface area contributed by atoms with Crippen molar-refractivity contribution in [2.24, 2.45) is 5.41 Å². The summed E-state index contributed by atoms with van der Waals surface area (Å²) in [5.74, 6) is 1.29. The van der Waals surface area contributed by atoms with E-state index in [0.717, 1.165) is 49.9 Å². The molecule has 120 valence electrons. The van der Waals surface area contributed by atoms with Crippen LogP contribution < -0.4 is 4.90 Å². The van der Waals surface area contributed by atoms with Gasteiger partial charge in [-0.1, -0.05) is 11.8 Å². The van der Waals surface area contributed by atoms with Gasteiger partial charge in [0.25, 0.3) is 0 Å². The molecule has 1 spiro atoms. The molecule has 1 atom stereocenters. The molecular weight excluding hydrogens is 296 g/mol. The first-order valence-electron chi connectivity index (χ1n) is 7.99. The van der Waals surface area contributed by atoms with Gasteiger partial charge in [-0.2, -0.15) is 0 Å². The van der Waals surface area contributed by atoms with Crippen LogP contribution in [0.4, 0.5) is 5.82 Å². The van der Waals surface area contributed by atoms with Gasteiger partial charge in [0.15, 0.2) is 5.16 Å². The molecule has 0 N–H and O–H groups in total. The number of carbonyl (C=O) groups is 1. The third-order valence-corrected chi connectivity index (χ3v) is 5.43. The maximum absolute atomic E-state index is 13.0. The SMILES string of the molecule is CSc1nccc(N2CC[C@@]3(CCCN(C(C)C)C3=O)C2)n1. The predicted octanol–water partition coefficient (Wildman–Crippen LogP) is 2.43. The minimum Gasteiger partial charge on any atom is -0.355 e. The molecule has 0 radical (unpaired) electrons. The zero-order valence-corrected chi connectivity index (χ0v) is 14.4. The van der Waals surface area contributed by atoms with E-state index in [2.05, 4.69) is 33.6 Å². The van der Waals surface area contributed by atoms with Crippen molar-refractivity contribution in [1.82, 2.24) is 14.9 Å². The summed E-state index contributed by atoms with van der Waals surface area (Å²) in [6, 6.07) is 2.24. The van der Waals surface area contributed by atoms with Crippen LogP contribution in [0.3, 0.4) is 0 Å². The number of likely N-dealkylation sites (tertiary alicyclic amines) is 1. The molecule has 1 aromatic rings. The van der Waals surface area contributed by atoms with Gasteiger partial charge >= 0.3 is 0 Å². The number of thioether (sulfide) groups is 1. The van der Waals surface area contributed by atoms with E-state index in [1.54, 1.807) is 11.8 Å². The van der Waals surface area contributed by atoms with Crippen molar-refractivity contribution in [3.8, 4) is 0 Å². The Labute approximate surface area is 136 Å². The van der Waals surface area contributed by atoms with E-state index in [-0.39, 0.29) is 5.41 Å². The first-order valence-corrected chi connectivity index (χ1v) is 9.21. The summed E-state index contributed by atoms with van der Waals surface area (Å²) in [6.45, 7) is 6.82. The highest BCUT2D eigenvalue weighted by Crippen LogP contribution is 2.41. The highest BCUT2D eigenvalue weighted by atomic mass is 32.2. The van der Waals surface area contributed by atoms with Gasteiger partial charge in [-0.3, -0.25) is 4.79 Å². The van der Waals surface area contributed by atoms with Gasteiger partial charge in [0.2, 0.25) is 5.91 Å². The molecule has 2 saturated heterocycles. The van der Waals surface area contributed by atoms with Gasteiger partial charge in [-0.25, -0.2) is 9.97 Å². The van der Waals surface area contributed by atoms with Crippen LogP contribution in [-0.4, -0.2) is 52.7 Å². The molecule has 0 aromatic carbocycles. The van der Waals surface area contributed by atoms with E-state index in [1.165, 1.54) is 0 Å². The van der Waals surface area contributed by atoms with Gasteiger partial charge < -0.3 is 9.80 Å². The van der Waals surface area contributed by atoms with Crippen LogP contribution in [0.25, 0.3) is 0 Å². The zero-order valence-electron chi connectivity index (χ0n) is 13.6. The van der Waals surface area contributed by atoms with Crippen LogP contribution in [0.1, 0.15) is 33.1 Å². The Balaban J connectivity index is 1.79. The van der Waals surface area contributed by atoms with E-state index in [9.17, 15) is 4.79 Å². The molecule has 22 heavy (non-hydrogen) atoms. The van der Waals surface area contributed by atoms with Gasteiger partial charge in [0.05, 0.1) is 5.41 Å². The summed E-state index contributed by atoms with van der Waals surface area (Å²) >= 11 is 1.55. The molecule has 0 aliphatic carbocycles. The Morgan fingerprint density at radius 2 is 2.14 bits per heavy atom. The number of piperidine rings is 1. The van der Waals surface area contributed by atoms with Crippen molar-refractivity contribution in [3.63, 3.8) is 0 Å². The Morgan fingerprint density at radius 3 is 2.86 bits per heavy atom. The fourth-order valence-corrected chi connectivity index (χ4v) is 4.00. The number of rotatable bonds is 3. The Morgan fingerprint density at radius 1 is 1.32 bits per heavy atom. The van der Waals surface area contributed by atoms with Crippen molar-refractivity contribution >= 4 is 23.5 Å². The number of hydrogen-bond donors (Lipinski definition) is 0. The van der Waals surface area contributed by atoms with Gasteiger partial charge in [0.1, 0.15) is 5.82 Å². The molecule has 2 aliphatic rings. The van der Waals surface area contributed by atoms with Crippen LogP contribution in [0.5, 0.6) is 0 Å². The Kier molecular flexibility index (Phi) is 4.30. The standard InChI is InChI=1S/C16H24N4OS/c1-12(2)20-9-4-6-16(14(20)21)7-10-19(11-16)13-5-8-17-15(18-13)22-3/h5,8,12H,4,6-7,9-11H2,1-3H3/t16-/m0/s1. The van der Waals surface area contributed by atoms with Gasteiger partial charge in [-0.15, -0.1) is 0 Å². The van der Waals surface area contributed by atoms with Crippen molar-refractivity contribution in [2.75, 3.05) is 30.8 Å². The summed E-state index contributed by atoms with van der Waals surface area (Å²) in [6.07, 6.45) is 6.84. The molecular formula is C16H24N4OS. The fourth-order valence-electron chi connectivity index (χ4n) is 3.65. The minimum absolute atomic E-state index is 0.201. The molecule has 3 heterocycles. The molecule has 0 unspecified atom stereocenters. The second-order valence-corrected chi connectivity index (χ2v) is 7.32. The molecule has 6 heteroatoms. The molecule has 1 amide bonds. The fraction of sp³-hybridized carbons (Fsp3) is 0.688. The van der Waals surface area contributed by atoms with Crippen LogP contribution in [0.2, 0.25) is 0 Å². The molecule has 2 aliphatic heterocycles. The lowest BCUT2D eigenvalue weighted by molar-refractivity contribution is -0.147. The van der Waals surface area contributed by atoms with Crippen molar-refractivity contribution in [2.45, 2.75) is 44.3 Å². The Bertz CT molecular complexity index is 565. The predicted molar refractivity (Wildman–Crippen MR) is 89.2 cm³/mol. The summed E-state index contributed by atoms with van der Waals surface area (Å²) < 4.78 is 0. The molecule has 2 fully saturated rings. The van der Waals surface area contributed by atoms with Crippen LogP contribution >= 0.6 is 11.8 Å². The molecule has 5 nitrogen and oxygen atoms in total. The lowest BCUT2D eigenvalue weighted by Crippen LogP contribution is -2.52. The normalized spacial score (nSPS) is 25.5. The second-order valence-electron chi connectivity index (χ2n) is 6.55. The number of anilines is 1. The van der Waals surface area contributed by atoms with Crippen LogP contribution in [0.15, 0.2) is 17.4 Å². The van der Waals surface area contributed by atoms with Crippen molar-refractivity contribution < 1.29 is 4.79 Å². The van der Waals surface area contributed by atoms with Crippen LogP contribution in [0, 0.1) is 5.41 Å². The first kappa shape index (κ1) is 15.6. The minimum atomic E-state index is -0.201. The number of hydrogen-bond acceptors (Lipinski definition) is 5. The van der Waals surface area contributed by atoms with E-state index in [0.29, 0.717) is 11.9 Å². The number of carbonyl (C=O) groups excluding carboxylic acids is 1. The van der Waals surface area contributed by atoms with Crippen molar-refractivity contribution in [1.29, 1.82) is 0 Å². The molecule has 3 rings (SSSR count). The summed E-state index contributed by atoms with van der Waals surface area (Å²) in [5, 5.41) is 0.789. The third-order valence-electron chi connectivity index (χ3n) is 4.87. The molecule has 1 aromatic heterocycles. The third kappa shape index (κ3) is 2.69. The highest BCUT2D eigenvalue weighted by Gasteiger charge is 2.49.